The van der Waals surface area contributed by atoms with Crippen molar-refractivity contribution >= 4 is 8.07 Å². The first kappa shape index (κ1) is 10.2. The van der Waals surface area contributed by atoms with E-state index in [1.54, 1.807) is 0 Å². The monoisotopic (exact) mass is 160 g/mol. The van der Waals surface area contributed by atoms with Gasteiger partial charge >= 0.3 is 0 Å². The molecular weight excluding hydrogens is 140 g/mol. The zero-order valence-electron chi connectivity index (χ0n) is 7.90. The van der Waals surface area contributed by atoms with Crippen LogP contribution in [0, 0.1) is 0 Å². The van der Waals surface area contributed by atoms with Crippen molar-refractivity contribution in [1.29, 1.82) is 0 Å². The summed E-state index contributed by atoms with van der Waals surface area (Å²) in [7, 11) is -0.849. The van der Waals surface area contributed by atoms with Gasteiger partial charge in [0.15, 0.2) is 0 Å². The van der Waals surface area contributed by atoms with Crippen LogP contribution >= 0.6 is 0 Å². The van der Waals surface area contributed by atoms with Crippen molar-refractivity contribution in [2.75, 3.05) is 6.61 Å². The van der Waals surface area contributed by atoms with Gasteiger partial charge in [-0.2, -0.15) is 0 Å². The first-order valence-electron chi connectivity index (χ1n) is 4.03. The zero-order chi connectivity index (χ0) is 8.20. The summed E-state index contributed by atoms with van der Waals surface area (Å²) in [6.07, 6.45) is 0.399. The fourth-order valence-corrected chi connectivity index (χ4v) is 1.33. The summed E-state index contributed by atoms with van der Waals surface area (Å²) in [4.78, 5) is 0. The largest absolute Gasteiger partial charge is 0.379 e. The lowest BCUT2D eigenvalue weighted by Gasteiger charge is -2.16. The second-order valence-corrected chi connectivity index (χ2v) is 9.85. The molecule has 0 spiro atoms. The third-order valence-corrected chi connectivity index (χ3v) is 3.01. The normalized spacial score (nSPS) is 12.6. The Labute approximate surface area is 65.8 Å². The Balaban J connectivity index is 3.21. The van der Waals surface area contributed by atoms with Gasteiger partial charge in [0.2, 0.25) is 0 Å². The Morgan fingerprint density at radius 1 is 1.20 bits per heavy atom. The molecule has 0 aromatic carbocycles. The lowest BCUT2D eigenvalue weighted by molar-refractivity contribution is 0.0893. The van der Waals surface area contributed by atoms with E-state index in [4.69, 9.17) is 4.74 Å². The maximum atomic E-state index is 5.45. The van der Waals surface area contributed by atoms with E-state index in [-0.39, 0.29) is 0 Å². The number of rotatable bonds is 4. The molecular formula is C8H20OSi. The van der Waals surface area contributed by atoms with E-state index < -0.39 is 8.07 Å². The average molecular weight is 160 g/mol. The molecule has 0 fully saturated rings. The molecule has 0 N–H and O–H groups in total. The van der Waals surface area contributed by atoms with Crippen LogP contribution in [0.2, 0.25) is 25.7 Å². The highest BCUT2D eigenvalue weighted by Crippen LogP contribution is 2.08. The Kier molecular flexibility index (Phi) is 4.21. The number of hydrogen-bond acceptors (Lipinski definition) is 1. The summed E-state index contributed by atoms with van der Waals surface area (Å²) in [6.45, 7) is 12.2. The van der Waals surface area contributed by atoms with Gasteiger partial charge in [-0.25, -0.2) is 0 Å². The molecule has 62 valence electrons. The van der Waals surface area contributed by atoms with Gasteiger partial charge in [-0.15, -0.1) is 0 Å². The van der Waals surface area contributed by atoms with Crippen molar-refractivity contribution in [3.63, 3.8) is 0 Å². The van der Waals surface area contributed by atoms with Crippen LogP contribution in [0.1, 0.15) is 13.8 Å². The predicted octanol–water partition coefficient (Wildman–Crippen LogP) is 2.75. The van der Waals surface area contributed by atoms with Gasteiger partial charge in [-0.1, -0.05) is 19.6 Å². The molecule has 0 atom stereocenters. The van der Waals surface area contributed by atoms with E-state index in [9.17, 15) is 0 Å². The van der Waals surface area contributed by atoms with E-state index in [0.29, 0.717) is 6.10 Å². The minimum absolute atomic E-state index is 0.399. The molecule has 0 saturated carbocycles. The van der Waals surface area contributed by atoms with Crippen LogP contribution in [0.3, 0.4) is 0 Å². The fraction of sp³-hybridized carbons (Fsp3) is 1.00. The topological polar surface area (TPSA) is 9.23 Å². The molecule has 1 nitrogen and oxygen atoms in total. The molecule has 0 saturated heterocycles. The Hall–Kier alpha value is 0.177. The fourth-order valence-electron chi connectivity index (χ4n) is 0.601. The third-order valence-electron chi connectivity index (χ3n) is 1.30. The molecule has 0 unspecified atom stereocenters. The van der Waals surface area contributed by atoms with Crippen molar-refractivity contribution < 1.29 is 4.74 Å². The molecule has 0 radical (unpaired) electrons. The highest BCUT2D eigenvalue weighted by atomic mass is 28.3. The van der Waals surface area contributed by atoms with Gasteiger partial charge in [0.1, 0.15) is 0 Å². The molecule has 0 bridgehead atoms. The summed E-state index contributed by atoms with van der Waals surface area (Å²) in [5, 5.41) is 0. The minimum Gasteiger partial charge on any atom is -0.379 e. The third kappa shape index (κ3) is 8.18. The lowest BCUT2D eigenvalue weighted by Crippen LogP contribution is -2.22. The molecule has 0 aromatic heterocycles. The van der Waals surface area contributed by atoms with Crippen LogP contribution in [0.25, 0.3) is 0 Å². The van der Waals surface area contributed by atoms with Gasteiger partial charge in [0, 0.05) is 14.7 Å². The number of ether oxygens (including phenoxy) is 1. The van der Waals surface area contributed by atoms with Crippen LogP contribution in [0.15, 0.2) is 0 Å². The maximum absolute atomic E-state index is 5.45. The molecule has 0 rings (SSSR count). The molecule has 0 heterocycles. The zero-order valence-corrected chi connectivity index (χ0v) is 8.90. The number of hydrogen-bond donors (Lipinski definition) is 0. The van der Waals surface area contributed by atoms with Crippen molar-refractivity contribution in [1.82, 2.24) is 0 Å². The summed E-state index contributed by atoms with van der Waals surface area (Å²) < 4.78 is 5.45. The summed E-state index contributed by atoms with van der Waals surface area (Å²) in [5.74, 6) is 0. The van der Waals surface area contributed by atoms with Gasteiger partial charge in [-0.3, -0.25) is 0 Å². The van der Waals surface area contributed by atoms with E-state index >= 15 is 0 Å². The van der Waals surface area contributed by atoms with E-state index in [2.05, 4.69) is 33.5 Å². The van der Waals surface area contributed by atoms with Crippen molar-refractivity contribution in [3.05, 3.63) is 0 Å². The first-order valence-corrected chi connectivity index (χ1v) is 7.74. The summed E-state index contributed by atoms with van der Waals surface area (Å²) in [5.41, 5.74) is 0. The second kappa shape index (κ2) is 4.14. The van der Waals surface area contributed by atoms with Crippen molar-refractivity contribution in [2.24, 2.45) is 0 Å². The van der Waals surface area contributed by atoms with Crippen LogP contribution in [0.4, 0.5) is 0 Å². The minimum atomic E-state index is -0.849. The molecule has 0 aliphatic carbocycles. The Bertz CT molecular complexity index is 83.7. The highest BCUT2D eigenvalue weighted by Gasteiger charge is 2.12. The smallest absolute Gasteiger partial charge is 0.0518 e. The van der Waals surface area contributed by atoms with Crippen LogP contribution in [-0.2, 0) is 4.74 Å². The van der Waals surface area contributed by atoms with Crippen LogP contribution in [0.5, 0.6) is 0 Å². The summed E-state index contributed by atoms with van der Waals surface area (Å²) in [6, 6.07) is 1.28. The Morgan fingerprint density at radius 3 is 2.00 bits per heavy atom. The predicted molar refractivity (Wildman–Crippen MR) is 49.2 cm³/mol. The first-order chi connectivity index (χ1) is 4.42. The van der Waals surface area contributed by atoms with Crippen LogP contribution in [-0.4, -0.2) is 20.8 Å². The quantitative estimate of drug-likeness (QED) is 0.575. The molecule has 0 aliphatic rings. The van der Waals surface area contributed by atoms with E-state index in [1.165, 1.54) is 6.04 Å². The van der Waals surface area contributed by atoms with E-state index in [0.717, 1.165) is 6.61 Å². The van der Waals surface area contributed by atoms with Gasteiger partial charge < -0.3 is 4.74 Å². The maximum Gasteiger partial charge on any atom is 0.0518 e. The lowest BCUT2D eigenvalue weighted by atomic mass is 10.5. The Morgan fingerprint density at radius 2 is 1.70 bits per heavy atom. The average Bonchev–Trinajstić information content (AvgIpc) is 1.59. The molecule has 0 aliphatic heterocycles. The highest BCUT2D eigenvalue weighted by molar-refractivity contribution is 6.76. The summed E-state index contributed by atoms with van der Waals surface area (Å²) >= 11 is 0. The standard InChI is InChI=1S/C8H20OSi/c1-8(2)9-6-7-10(3,4)5/h8H,6-7H2,1-5H3. The van der Waals surface area contributed by atoms with Gasteiger partial charge in [0.05, 0.1) is 6.10 Å². The van der Waals surface area contributed by atoms with Crippen LogP contribution < -0.4 is 0 Å². The molecule has 0 aromatic rings. The van der Waals surface area contributed by atoms with Crippen molar-refractivity contribution in [3.8, 4) is 0 Å². The SMILES string of the molecule is CC(C)OCC[Si](C)(C)C. The molecule has 0 amide bonds. The van der Waals surface area contributed by atoms with Gasteiger partial charge in [-0.05, 0) is 19.9 Å². The molecule has 2 heteroatoms. The second-order valence-electron chi connectivity index (χ2n) is 4.23. The van der Waals surface area contributed by atoms with Gasteiger partial charge in [0.25, 0.3) is 0 Å². The van der Waals surface area contributed by atoms with E-state index in [1.807, 2.05) is 0 Å². The van der Waals surface area contributed by atoms with Crippen molar-refractivity contribution in [2.45, 2.75) is 45.6 Å². The molecule has 10 heavy (non-hydrogen) atoms.